The Balaban J connectivity index is 0. The quantitative estimate of drug-likeness (QED) is 0.556. The predicted molar refractivity (Wildman–Crippen MR) is 63.4 cm³/mol. The van der Waals surface area contributed by atoms with E-state index < -0.39 is 0 Å². The first-order chi connectivity index (χ1) is 7.20. The van der Waals surface area contributed by atoms with Gasteiger partial charge in [-0.3, -0.25) is 9.63 Å². The fourth-order valence-corrected chi connectivity index (χ4v) is 0.577. The van der Waals surface area contributed by atoms with Crippen LogP contribution in [0.15, 0.2) is 30.3 Å². The summed E-state index contributed by atoms with van der Waals surface area (Å²) in [6, 6.07) is 10.3. The zero-order valence-corrected chi connectivity index (χ0v) is 10.2. The van der Waals surface area contributed by atoms with Gasteiger partial charge in [-0.1, -0.05) is 49.7 Å². The highest BCUT2D eigenvalue weighted by Gasteiger charge is 1.79. The molecular weight excluding hydrogens is 190 g/mol. The van der Waals surface area contributed by atoms with Crippen LogP contribution in [0.25, 0.3) is 0 Å². The molecular formula is C12H21NO2. The molecule has 0 aliphatic heterocycles. The molecule has 0 radical (unpaired) electrons. The van der Waals surface area contributed by atoms with Crippen molar-refractivity contribution in [1.29, 1.82) is 0 Å². The maximum absolute atomic E-state index is 9.54. The van der Waals surface area contributed by atoms with E-state index in [0.717, 1.165) is 5.06 Å². The molecule has 0 aliphatic rings. The maximum Gasteiger partial charge on any atom is 0.233 e. The average molecular weight is 211 g/mol. The van der Waals surface area contributed by atoms with Gasteiger partial charge in [-0.2, -0.15) is 0 Å². The van der Waals surface area contributed by atoms with Crippen LogP contribution < -0.4 is 0 Å². The molecule has 0 N–H and O–H groups in total. The number of benzene rings is 1. The highest BCUT2D eigenvalue weighted by Crippen LogP contribution is 1.92. The number of aryl methyl sites for hydroxylation is 1. The number of carbonyl (C=O) groups is 1. The summed E-state index contributed by atoms with van der Waals surface area (Å²) >= 11 is 0. The second-order valence-electron chi connectivity index (χ2n) is 2.49. The molecule has 0 atom stereocenters. The molecule has 0 spiro atoms. The Kier molecular flexibility index (Phi) is 13.6. The first kappa shape index (κ1) is 16.1. The monoisotopic (exact) mass is 211 g/mol. The van der Waals surface area contributed by atoms with Crippen LogP contribution >= 0.6 is 0 Å². The minimum atomic E-state index is 0.583. The normalized spacial score (nSPS) is 7.53. The maximum atomic E-state index is 9.54. The minimum Gasteiger partial charge on any atom is -0.276 e. The van der Waals surface area contributed by atoms with E-state index in [-0.39, 0.29) is 0 Å². The third kappa shape index (κ3) is 12.6. The molecule has 0 aromatic heterocycles. The van der Waals surface area contributed by atoms with Crippen LogP contribution in [0.1, 0.15) is 19.4 Å². The van der Waals surface area contributed by atoms with Crippen molar-refractivity contribution in [2.75, 3.05) is 14.2 Å². The predicted octanol–water partition coefficient (Wildman–Crippen LogP) is 2.66. The second-order valence-corrected chi connectivity index (χ2v) is 2.49. The summed E-state index contributed by atoms with van der Waals surface area (Å²) in [6.07, 6.45) is 0.583. The van der Waals surface area contributed by atoms with Gasteiger partial charge in [0.05, 0.1) is 7.11 Å². The summed E-state index contributed by atoms with van der Waals surface area (Å²) in [5, 5.41) is 1.07. The van der Waals surface area contributed by atoms with E-state index in [1.165, 1.54) is 19.7 Å². The van der Waals surface area contributed by atoms with Gasteiger partial charge >= 0.3 is 0 Å². The molecule has 1 aromatic rings. The van der Waals surface area contributed by atoms with Gasteiger partial charge in [0.15, 0.2) is 0 Å². The molecule has 3 heteroatoms. The number of hydrogen-bond donors (Lipinski definition) is 0. The Morgan fingerprint density at radius 1 is 1.20 bits per heavy atom. The minimum absolute atomic E-state index is 0.583. The summed E-state index contributed by atoms with van der Waals surface area (Å²) in [5.41, 5.74) is 1.32. The molecule has 1 aromatic carbocycles. The molecule has 86 valence electrons. The van der Waals surface area contributed by atoms with Crippen molar-refractivity contribution in [1.82, 2.24) is 5.06 Å². The SMILES string of the molecule is CC.CON(C)C=O.Cc1ccccc1. The lowest BCUT2D eigenvalue weighted by Crippen LogP contribution is -2.12. The lowest BCUT2D eigenvalue weighted by molar-refractivity contribution is -0.153. The molecule has 0 aliphatic carbocycles. The van der Waals surface area contributed by atoms with Gasteiger partial charge in [-0.15, -0.1) is 0 Å². The first-order valence-electron chi connectivity index (χ1n) is 4.94. The van der Waals surface area contributed by atoms with Gasteiger partial charge in [0.25, 0.3) is 0 Å². The molecule has 1 rings (SSSR count). The Labute approximate surface area is 92.6 Å². The van der Waals surface area contributed by atoms with Crippen LogP contribution in [0.3, 0.4) is 0 Å². The summed E-state index contributed by atoms with van der Waals surface area (Å²) in [5.74, 6) is 0. The molecule has 0 heterocycles. The number of nitrogens with zero attached hydrogens (tertiary/aromatic N) is 1. The highest BCUT2D eigenvalue weighted by atomic mass is 16.7. The van der Waals surface area contributed by atoms with Crippen LogP contribution in [0, 0.1) is 6.92 Å². The van der Waals surface area contributed by atoms with Gasteiger partial charge in [0, 0.05) is 7.05 Å². The highest BCUT2D eigenvalue weighted by molar-refractivity contribution is 5.44. The fourth-order valence-electron chi connectivity index (χ4n) is 0.577. The van der Waals surface area contributed by atoms with Crippen molar-refractivity contribution in [2.24, 2.45) is 0 Å². The van der Waals surface area contributed by atoms with Gasteiger partial charge in [0.2, 0.25) is 6.41 Å². The molecule has 0 unspecified atom stereocenters. The van der Waals surface area contributed by atoms with Crippen LogP contribution in [0.5, 0.6) is 0 Å². The number of carbonyl (C=O) groups excluding carboxylic acids is 1. The van der Waals surface area contributed by atoms with Crippen molar-refractivity contribution < 1.29 is 9.63 Å². The fraction of sp³-hybridized carbons (Fsp3) is 0.417. The molecule has 0 saturated heterocycles. The number of hydrogen-bond acceptors (Lipinski definition) is 2. The van der Waals surface area contributed by atoms with Gasteiger partial charge in [-0.25, -0.2) is 5.06 Å². The Morgan fingerprint density at radius 3 is 1.80 bits per heavy atom. The van der Waals surface area contributed by atoms with Crippen molar-refractivity contribution in [2.45, 2.75) is 20.8 Å². The van der Waals surface area contributed by atoms with Gasteiger partial charge in [-0.05, 0) is 6.92 Å². The summed E-state index contributed by atoms with van der Waals surface area (Å²) in [7, 11) is 2.95. The van der Waals surface area contributed by atoms with Crippen molar-refractivity contribution in [3.8, 4) is 0 Å². The van der Waals surface area contributed by atoms with Crippen molar-refractivity contribution in [3.05, 3.63) is 35.9 Å². The van der Waals surface area contributed by atoms with E-state index in [4.69, 9.17) is 0 Å². The largest absolute Gasteiger partial charge is 0.276 e. The van der Waals surface area contributed by atoms with E-state index in [9.17, 15) is 4.79 Å². The van der Waals surface area contributed by atoms with Crippen LogP contribution in [0.4, 0.5) is 0 Å². The van der Waals surface area contributed by atoms with E-state index >= 15 is 0 Å². The van der Waals surface area contributed by atoms with Crippen LogP contribution in [0.2, 0.25) is 0 Å². The van der Waals surface area contributed by atoms with Crippen LogP contribution in [-0.4, -0.2) is 25.6 Å². The molecule has 1 amide bonds. The van der Waals surface area contributed by atoms with Gasteiger partial charge < -0.3 is 0 Å². The van der Waals surface area contributed by atoms with Crippen molar-refractivity contribution >= 4 is 6.41 Å². The molecule has 3 nitrogen and oxygen atoms in total. The average Bonchev–Trinajstić information content (AvgIpc) is 2.32. The topological polar surface area (TPSA) is 29.5 Å². The lowest BCUT2D eigenvalue weighted by atomic mass is 10.2. The molecule has 0 bridgehead atoms. The van der Waals surface area contributed by atoms with E-state index in [2.05, 4.69) is 23.9 Å². The smallest absolute Gasteiger partial charge is 0.233 e. The Hall–Kier alpha value is -1.35. The third-order valence-electron chi connectivity index (χ3n) is 1.38. The molecule has 0 saturated carbocycles. The van der Waals surface area contributed by atoms with E-state index in [1.807, 2.05) is 32.0 Å². The first-order valence-corrected chi connectivity index (χ1v) is 4.94. The number of amides is 1. The number of rotatable bonds is 2. The summed E-state index contributed by atoms with van der Waals surface area (Å²) in [4.78, 5) is 13.9. The lowest BCUT2D eigenvalue weighted by Gasteiger charge is -2.02. The van der Waals surface area contributed by atoms with E-state index in [0.29, 0.717) is 6.41 Å². The van der Waals surface area contributed by atoms with E-state index in [1.54, 1.807) is 0 Å². The third-order valence-corrected chi connectivity index (χ3v) is 1.38. The zero-order chi connectivity index (χ0) is 12.1. The van der Waals surface area contributed by atoms with Crippen LogP contribution in [-0.2, 0) is 9.63 Å². The zero-order valence-electron chi connectivity index (χ0n) is 10.2. The number of hydroxylamine groups is 2. The Morgan fingerprint density at radius 2 is 1.67 bits per heavy atom. The van der Waals surface area contributed by atoms with Crippen molar-refractivity contribution in [3.63, 3.8) is 0 Å². The van der Waals surface area contributed by atoms with Gasteiger partial charge in [0.1, 0.15) is 0 Å². The molecule has 15 heavy (non-hydrogen) atoms. The summed E-state index contributed by atoms with van der Waals surface area (Å²) in [6.45, 7) is 6.08. The molecule has 0 fully saturated rings. The second kappa shape index (κ2) is 12.7. The summed E-state index contributed by atoms with van der Waals surface area (Å²) < 4.78 is 0. The Bertz CT molecular complexity index is 224. The standard InChI is InChI=1S/C7H8.C3H7NO2.C2H6/c1-7-5-3-2-4-6-7;1-4(3-5)6-2;1-2/h2-6H,1H3;3H,1-2H3;1-2H3.